The van der Waals surface area contributed by atoms with E-state index in [1.807, 2.05) is 24.3 Å². The minimum Gasteiger partial charge on any atom is -0.478 e. The molecule has 0 fully saturated rings. The highest BCUT2D eigenvalue weighted by Gasteiger charge is 2.17. The maximum Gasteiger partial charge on any atom is 0.335 e. The van der Waals surface area contributed by atoms with Gasteiger partial charge in [0.2, 0.25) is 0 Å². The smallest absolute Gasteiger partial charge is 0.335 e. The Bertz CT molecular complexity index is 668. The van der Waals surface area contributed by atoms with Crippen LogP contribution in [0.4, 0.5) is 14.5 Å². The van der Waals surface area contributed by atoms with E-state index in [0.29, 0.717) is 0 Å². The first-order chi connectivity index (χ1) is 9.88. The van der Waals surface area contributed by atoms with Gasteiger partial charge in [-0.1, -0.05) is 28.1 Å². The van der Waals surface area contributed by atoms with Gasteiger partial charge in [-0.15, -0.1) is 0 Å². The topological polar surface area (TPSA) is 49.3 Å². The summed E-state index contributed by atoms with van der Waals surface area (Å²) in [6, 6.07) is 8.56. The second-order valence-corrected chi connectivity index (χ2v) is 5.46. The maximum atomic E-state index is 13.9. The van der Waals surface area contributed by atoms with Crippen LogP contribution in [0, 0.1) is 11.6 Å². The van der Waals surface area contributed by atoms with Crippen LogP contribution in [-0.2, 0) is 0 Å². The Hall–Kier alpha value is -1.95. The number of carboxylic acids is 1. The fraction of sp³-hybridized carbons (Fsp3) is 0.133. The molecule has 0 aromatic heterocycles. The molecule has 0 aliphatic carbocycles. The zero-order valence-electron chi connectivity index (χ0n) is 11.0. The van der Waals surface area contributed by atoms with Crippen molar-refractivity contribution in [1.29, 1.82) is 0 Å². The average molecular weight is 356 g/mol. The molecule has 6 heteroatoms. The summed E-state index contributed by atoms with van der Waals surface area (Å²) in [5.41, 5.74) is 0.0728. The predicted molar refractivity (Wildman–Crippen MR) is 79.5 cm³/mol. The van der Waals surface area contributed by atoms with Crippen molar-refractivity contribution >= 4 is 27.6 Å². The van der Waals surface area contributed by atoms with E-state index in [-0.39, 0.29) is 11.7 Å². The van der Waals surface area contributed by atoms with Gasteiger partial charge in [-0.3, -0.25) is 0 Å². The van der Waals surface area contributed by atoms with Crippen LogP contribution >= 0.6 is 15.9 Å². The lowest BCUT2D eigenvalue weighted by atomic mass is 10.1. The molecule has 0 heterocycles. The highest BCUT2D eigenvalue weighted by Crippen LogP contribution is 2.27. The molecule has 1 unspecified atom stereocenters. The third-order valence-electron chi connectivity index (χ3n) is 3.00. The molecule has 0 spiro atoms. The molecule has 0 aliphatic rings. The zero-order valence-corrected chi connectivity index (χ0v) is 12.6. The van der Waals surface area contributed by atoms with Crippen molar-refractivity contribution in [3.63, 3.8) is 0 Å². The molecule has 21 heavy (non-hydrogen) atoms. The van der Waals surface area contributed by atoms with Crippen molar-refractivity contribution in [2.45, 2.75) is 13.0 Å². The van der Waals surface area contributed by atoms with Crippen molar-refractivity contribution in [1.82, 2.24) is 0 Å². The second-order valence-electron chi connectivity index (χ2n) is 4.54. The molecule has 2 N–H and O–H groups in total. The molecule has 0 amide bonds. The van der Waals surface area contributed by atoms with Crippen molar-refractivity contribution in [2.75, 3.05) is 5.32 Å². The number of halogens is 3. The van der Waals surface area contributed by atoms with Crippen LogP contribution in [0.3, 0.4) is 0 Å². The number of nitrogens with one attached hydrogen (secondary N) is 1. The van der Waals surface area contributed by atoms with E-state index in [4.69, 9.17) is 5.11 Å². The van der Waals surface area contributed by atoms with Crippen LogP contribution in [-0.4, -0.2) is 11.1 Å². The van der Waals surface area contributed by atoms with Gasteiger partial charge in [0.05, 0.1) is 5.56 Å². The Morgan fingerprint density at radius 2 is 1.86 bits per heavy atom. The van der Waals surface area contributed by atoms with Crippen molar-refractivity contribution in [3.8, 4) is 0 Å². The molecule has 0 bridgehead atoms. The van der Waals surface area contributed by atoms with E-state index in [1.54, 1.807) is 6.92 Å². The monoisotopic (exact) mass is 355 g/mol. The van der Waals surface area contributed by atoms with E-state index >= 15 is 0 Å². The third-order valence-corrected chi connectivity index (χ3v) is 3.49. The lowest BCUT2D eigenvalue weighted by molar-refractivity contribution is 0.0696. The number of anilines is 1. The summed E-state index contributed by atoms with van der Waals surface area (Å²) in [6.45, 7) is 1.76. The number of aromatic carboxylic acids is 1. The van der Waals surface area contributed by atoms with Gasteiger partial charge in [0.25, 0.3) is 0 Å². The lowest BCUT2D eigenvalue weighted by Crippen LogP contribution is -2.11. The van der Waals surface area contributed by atoms with Gasteiger partial charge in [0.15, 0.2) is 0 Å². The number of carboxylic acid groups (broad SMARTS) is 1. The van der Waals surface area contributed by atoms with Gasteiger partial charge >= 0.3 is 5.97 Å². The number of rotatable bonds is 4. The van der Waals surface area contributed by atoms with E-state index in [1.165, 1.54) is 0 Å². The molecule has 110 valence electrons. The molecule has 0 saturated heterocycles. The van der Waals surface area contributed by atoms with E-state index < -0.39 is 23.2 Å². The average Bonchev–Trinajstić information content (AvgIpc) is 2.42. The van der Waals surface area contributed by atoms with Crippen LogP contribution in [0.1, 0.15) is 28.9 Å². The summed E-state index contributed by atoms with van der Waals surface area (Å²) in [5, 5.41) is 11.5. The summed E-state index contributed by atoms with van der Waals surface area (Å²) in [7, 11) is 0. The van der Waals surface area contributed by atoms with E-state index in [2.05, 4.69) is 21.2 Å². The van der Waals surface area contributed by atoms with Crippen LogP contribution in [0.2, 0.25) is 0 Å². The Morgan fingerprint density at radius 1 is 1.24 bits per heavy atom. The van der Waals surface area contributed by atoms with Gasteiger partial charge in [0, 0.05) is 10.5 Å². The molecule has 2 rings (SSSR count). The van der Waals surface area contributed by atoms with Crippen LogP contribution in [0.25, 0.3) is 0 Å². The second kappa shape index (κ2) is 6.22. The Balaban J connectivity index is 2.29. The molecular formula is C15H12BrF2NO2. The van der Waals surface area contributed by atoms with E-state index in [9.17, 15) is 13.6 Å². The van der Waals surface area contributed by atoms with Crippen molar-refractivity contribution in [3.05, 3.63) is 63.6 Å². The lowest BCUT2D eigenvalue weighted by Gasteiger charge is -2.17. The molecule has 0 saturated carbocycles. The first-order valence-electron chi connectivity index (χ1n) is 6.13. The van der Waals surface area contributed by atoms with Gasteiger partial charge in [0.1, 0.15) is 17.3 Å². The van der Waals surface area contributed by atoms with Crippen LogP contribution < -0.4 is 5.32 Å². The SMILES string of the molecule is CC(Nc1c(F)cc(C(=O)O)cc1F)c1cccc(Br)c1. The van der Waals surface area contributed by atoms with Gasteiger partial charge in [-0.2, -0.15) is 0 Å². The number of carbonyl (C=O) groups is 1. The van der Waals surface area contributed by atoms with Crippen molar-refractivity contribution in [2.24, 2.45) is 0 Å². The minimum atomic E-state index is -1.38. The molecule has 1 atom stereocenters. The fourth-order valence-electron chi connectivity index (χ4n) is 1.91. The Kier molecular flexibility index (Phi) is 4.57. The molecule has 0 radical (unpaired) electrons. The molecule has 2 aromatic carbocycles. The fourth-order valence-corrected chi connectivity index (χ4v) is 2.33. The minimum absolute atomic E-state index is 0.340. The maximum absolute atomic E-state index is 13.9. The highest BCUT2D eigenvalue weighted by molar-refractivity contribution is 9.10. The largest absolute Gasteiger partial charge is 0.478 e. The quantitative estimate of drug-likeness (QED) is 0.842. The zero-order chi connectivity index (χ0) is 15.6. The summed E-state index contributed by atoms with van der Waals surface area (Å²) in [4.78, 5) is 10.7. The summed E-state index contributed by atoms with van der Waals surface area (Å²) >= 11 is 3.33. The molecule has 2 aromatic rings. The van der Waals surface area contributed by atoms with Crippen LogP contribution in [0.5, 0.6) is 0 Å². The van der Waals surface area contributed by atoms with Gasteiger partial charge < -0.3 is 10.4 Å². The first kappa shape index (κ1) is 15.4. The number of hydrogen-bond donors (Lipinski definition) is 2. The number of benzene rings is 2. The molecular weight excluding hydrogens is 344 g/mol. The summed E-state index contributed by atoms with van der Waals surface area (Å²) < 4.78 is 28.6. The number of hydrogen-bond acceptors (Lipinski definition) is 2. The first-order valence-corrected chi connectivity index (χ1v) is 6.92. The standard InChI is InChI=1S/C15H12BrF2NO2/c1-8(9-3-2-4-11(16)5-9)19-14-12(17)6-10(15(20)21)7-13(14)18/h2-8,19H,1H3,(H,20,21). The summed E-state index contributed by atoms with van der Waals surface area (Å²) in [6.07, 6.45) is 0. The molecule has 3 nitrogen and oxygen atoms in total. The highest BCUT2D eigenvalue weighted by atomic mass is 79.9. The Morgan fingerprint density at radius 3 is 2.38 bits per heavy atom. The van der Waals surface area contributed by atoms with Gasteiger partial charge in [-0.25, -0.2) is 13.6 Å². The Labute approximate surface area is 128 Å². The van der Waals surface area contributed by atoms with Crippen LogP contribution in [0.15, 0.2) is 40.9 Å². The van der Waals surface area contributed by atoms with E-state index in [0.717, 1.165) is 22.2 Å². The normalized spacial score (nSPS) is 12.0. The molecule has 0 aliphatic heterocycles. The predicted octanol–water partition coefficient (Wildman–Crippen LogP) is 4.60. The van der Waals surface area contributed by atoms with Crippen molar-refractivity contribution < 1.29 is 18.7 Å². The third kappa shape index (κ3) is 3.58. The van der Waals surface area contributed by atoms with Gasteiger partial charge in [-0.05, 0) is 36.8 Å². The summed E-state index contributed by atoms with van der Waals surface area (Å²) in [5.74, 6) is -3.25.